The first-order valence-electron chi connectivity index (χ1n) is 5.31. The largest absolute Gasteiger partial charge is 0.374 e. The lowest BCUT2D eigenvalue weighted by Crippen LogP contribution is -2.00. The van der Waals surface area contributed by atoms with Crippen molar-refractivity contribution in [1.29, 1.82) is 0 Å². The molecule has 0 bridgehead atoms. The molecule has 2 aromatic heterocycles. The lowest BCUT2D eigenvalue weighted by atomic mass is 10.2. The molecule has 0 fully saturated rings. The minimum atomic E-state index is 0.365. The molecule has 2 heterocycles. The van der Waals surface area contributed by atoms with Crippen molar-refractivity contribution < 1.29 is 4.74 Å². The molecule has 17 heavy (non-hydrogen) atoms. The molecule has 0 atom stereocenters. The number of aromatic nitrogens is 3. The summed E-state index contributed by atoms with van der Waals surface area (Å²) in [6.07, 6.45) is 3.45. The van der Waals surface area contributed by atoms with E-state index in [1.165, 1.54) is 0 Å². The molecule has 4 nitrogen and oxygen atoms in total. The van der Waals surface area contributed by atoms with E-state index in [0.717, 1.165) is 11.3 Å². The SMILES string of the molecule is CCOCc1nc(Cl)cc(-c2cccnc2)n1. The van der Waals surface area contributed by atoms with Crippen molar-refractivity contribution in [3.63, 3.8) is 0 Å². The van der Waals surface area contributed by atoms with Crippen molar-refractivity contribution in [1.82, 2.24) is 15.0 Å². The number of hydrogen-bond donors (Lipinski definition) is 0. The molecule has 0 unspecified atom stereocenters. The fraction of sp³-hybridized carbons (Fsp3) is 0.250. The average Bonchev–Trinajstić information content (AvgIpc) is 2.37. The van der Waals surface area contributed by atoms with Gasteiger partial charge in [-0.2, -0.15) is 0 Å². The van der Waals surface area contributed by atoms with Gasteiger partial charge in [0.1, 0.15) is 11.8 Å². The summed E-state index contributed by atoms with van der Waals surface area (Å²) in [6.45, 7) is 2.91. The van der Waals surface area contributed by atoms with E-state index >= 15 is 0 Å². The maximum absolute atomic E-state index is 5.95. The normalized spacial score (nSPS) is 10.5. The van der Waals surface area contributed by atoms with Gasteiger partial charge >= 0.3 is 0 Å². The number of hydrogen-bond acceptors (Lipinski definition) is 4. The van der Waals surface area contributed by atoms with E-state index < -0.39 is 0 Å². The summed E-state index contributed by atoms with van der Waals surface area (Å²) in [5.74, 6) is 0.582. The summed E-state index contributed by atoms with van der Waals surface area (Å²) in [7, 11) is 0. The zero-order valence-corrected chi connectivity index (χ0v) is 10.2. The van der Waals surface area contributed by atoms with Crippen LogP contribution >= 0.6 is 11.6 Å². The predicted octanol–water partition coefficient (Wildman–Crippen LogP) is 2.73. The van der Waals surface area contributed by atoms with Gasteiger partial charge in [-0.3, -0.25) is 4.98 Å². The lowest BCUT2D eigenvalue weighted by molar-refractivity contribution is 0.128. The number of pyridine rings is 1. The monoisotopic (exact) mass is 249 g/mol. The van der Waals surface area contributed by atoms with Crippen LogP contribution < -0.4 is 0 Å². The van der Waals surface area contributed by atoms with Gasteiger partial charge in [0.15, 0.2) is 5.82 Å². The summed E-state index contributed by atoms with van der Waals surface area (Å²) in [5.41, 5.74) is 1.67. The molecular weight excluding hydrogens is 238 g/mol. The van der Waals surface area contributed by atoms with Gasteiger partial charge in [0, 0.05) is 30.6 Å². The molecule has 0 aliphatic rings. The predicted molar refractivity (Wildman–Crippen MR) is 65.6 cm³/mol. The van der Waals surface area contributed by atoms with Crippen LogP contribution in [0.1, 0.15) is 12.7 Å². The highest BCUT2D eigenvalue weighted by atomic mass is 35.5. The standard InChI is InChI=1S/C12H12ClN3O/c1-2-17-8-12-15-10(6-11(13)16-12)9-4-3-5-14-7-9/h3-7H,2,8H2,1H3. The Kier molecular flexibility index (Phi) is 4.01. The third kappa shape index (κ3) is 3.22. The second-order valence-electron chi connectivity index (χ2n) is 3.37. The van der Waals surface area contributed by atoms with Gasteiger partial charge < -0.3 is 4.74 Å². The first-order valence-corrected chi connectivity index (χ1v) is 5.69. The Morgan fingerprint density at radius 2 is 2.24 bits per heavy atom. The Morgan fingerprint density at radius 1 is 1.35 bits per heavy atom. The van der Waals surface area contributed by atoms with E-state index in [4.69, 9.17) is 16.3 Å². The summed E-state index contributed by atoms with van der Waals surface area (Å²) in [5, 5.41) is 0.411. The Bertz CT molecular complexity index is 490. The third-order valence-corrected chi connectivity index (χ3v) is 2.33. The van der Waals surface area contributed by atoms with Crippen LogP contribution in [0.5, 0.6) is 0 Å². The van der Waals surface area contributed by atoms with Crippen molar-refractivity contribution in [3.05, 3.63) is 41.6 Å². The van der Waals surface area contributed by atoms with Crippen molar-refractivity contribution in [2.45, 2.75) is 13.5 Å². The molecule has 0 spiro atoms. The van der Waals surface area contributed by atoms with Crippen molar-refractivity contribution >= 4 is 11.6 Å². The lowest BCUT2D eigenvalue weighted by Gasteiger charge is -2.05. The number of nitrogens with zero attached hydrogens (tertiary/aromatic N) is 3. The van der Waals surface area contributed by atoms with Crippen LogP contribution in [0, 0.1) is 0 Å². The van der Waals surface area contributed by atoms with Gasteiger partial charge in [0.25, 0.3) is 0 Å². The summed E-state index contributed by atoms with van der Waals surface area (Å²) in [4.78, 5) is 12.5. The molecule has 0 aliphatic heterocycles. The molecule has 0 aromatic carbocycles. The Morgan fingerprint density at radius 3 is 2.94 bits per heavy atom. The summed E-state index contributed by atoms with van der Waals surface area (Å²) in [6, 6.07) is 5.50. The molecule has 2 rings (SSSR count). The van der Waals surface area contributed by atoms with Crippen molar-refractivity contribution in [3.8, 4) is 11.3 Å². The van der Waals surface area contributed by atoms with E-state index in [-0.39, 0.29) is 0 Å². The van der Waals surface area contributed by atoms with Crippen LogP contribution in [-0.4, -0.2) is 21.6 Å². The molecule has 2 aromatic rings. The molecule has 5 heteroatoms. The molecule has 0 saturated carbocycles. The quantitative estimate of drug-likeness (QED) is 0.782. The van der Waals surface area contributed by atoms with Gasteiger partial charge in [-0.05, 0) is 19.1 Å². The minimum Gasteiger partial charge on any atom is -0.374 e. The van der Waals surface area contributed by atoms with Crippen LogP contribution in [0.25, 0.3) is 11.3 Å². The summed E-state index contributed by atoms with van der Waals surface area (Å²) < 4.78 is 5.27. The fourth-order valence-corrected chi connectivity index (χ4v) is 1.59. The third-order valence-electron chi connectivity index (χ3n) is 2.13. The zero-order valence-electron chi connectivity index (χ0n) is 9.43. The number of rotatable bonds is 4. The van der Waals surface area contributed by atoms with E-state index in [1.54, 1.807) is 18.5 Å². The zero-order chi connectivity index (χ0) is 12.1. The fourth-order valence-electron chi connectivity index (χ4n) is 1.38. The molecule has 0 saturated heterocycles. The highest BCUT2D eigenvalue weighted by Crippen LogP contribution is 2.18. The van der Waals surface area contributed by atoms with Crippen molar-refractivity contribution in [2.75, 3.05) is 6.61 Å². The van der Waals surface area contributed by atoms with E-state index in [1.807, 2.05) is 19.1 Å². The number of ether oxygens (including phenoxy) is 1. The molecule has 0 aliphatic carbocycles. The smallest absolute Gasteiger partial charge is 0.156 e. The topological polar surface area (TPSA) is 47.9 Å². The molecule has 0 radical (unpaired) electrons. The first-order chi connectivity index (χ1) is 8.29. The number of halogens is 1. The average molecular weight is 250 g/mol. The Labute approximate surface area is 105 Å². The van der Waals surface area contributed by atoms with Gasteiger partial charge in [0.2, 0.25) is 0 Å². The van der Waals surface area contributed by atoms with Crippen LogP contribution in [0.3, 0.4) is 0 Å². The Hall–Kier alpha value is -1.52. The second kappa shape index (κ2) is 5.70. The van der Waals surface area contributed by atoms with Gasteiger partial charge in [0.05, 0.1) is 5.69 Å². The van der Waals surface area contributed by atoms with E-state index in [2.05, 4.69) is 15.0 Å². The van der Waals surface area contributed by atoms with Gasteiger partial charge in [-0.15, -0.1) is 0 Å². The van der Waals surface area contributed by atoms with E-state index in [0.29, 0.717) is 24.2 Å². The second-order valence-corrected chi connectivity index (χ2v) is 3.76. The molecule has 0 amide bonds. The van der Waals surface area contributed by atoms with Crippen molar-refractivity contribution in [2.24, 2.45) is 0 Å². The molecule has 0 N–H and O–H groups in total. The summed E-state index contributed by atoms with van der Waals surface area (Å²) >= 11 is 5.95. The van der Waals surface area contributed by atoms with E-state index in [9.17, 15) is 0 Å². The first kappa shape index (κ1) is 12.0. The van der Waals surface area contributed by atoms with Crippen LogP contribution in [-0.2, 0) is 11.3 Å². The maximum Gasteiger partial charge on any atom is 0.156 e. The minimum absolute atomic E-state index is 0.365. The highest BCUT2D eigenvalue weighted by molar-refractivity contribution is 6.29. The molecular formula is C12H12ClN3O. The molecule has 88 valence electrons. The van der Waals surface area contributed by atoms with Crippen LogP contribution in [0.15, 0.2) is 30.6 Å². The van der Waals surface area contributed by atoms with Crippen LogP contribution in [0.4, 0.5) is 0 Å². The van der Waals surface area contributed by atoms with Gasteiger partial charge in [-0.25, -0.2) is 9.97 Å². The van der Waals surface area contributed by atoms with Gasteiger partial charge in [-0.1, -0.05) is 11.6 Å². The maximum atomic E-state index is 5.95. The van der Waals surface area contributed by atoms with Crippen LogP contribution in [0.2, 0.25) is 5.15 Å². The highest BCUT2D eigenvalue weighted by Gasteiger charge is 2.05. The Balaban J connectivity index is 2.32.